The number of carboxylic acids is 1. The number of nitrogens with one attached hydrogen (secondary N) is 1. The summed E-state index contributed by atoms with van der Waals surface area (Å²) in [7, 11) is 0. The number of aliphatic carboxylic acids is 1. The Morgan fingerprint density at radius 3 is 2.88 bits per heavy atom. The van der Waals surface area contributed by atoms with Gasteiger partial charge in [-0.2, -0.15) is 0 Å². The molecule has 86 valence electrons. The van der Waals surface area contributed by atoms with Crippen LogP contribution in [0, 0.1) is 0 Å². The third kappa shape index (κ3) is 4.67. The van der Waals surface area contributed by atoms with Crippen LogP contribution in [0.2, 0.25) is 5.28 Å². The van der Waals surface area contributed by atoms with Gasteiger partial charge in [-0.25, -0.2) is 14.8 Å². The van der Waals surface area contributed by atoms with E-state index in [1.54, 1.807) is 0 Å². The first-order valence-corrected chi connectivity index (χ1v) is 4.53. The number of carbonyl (C=O) groups is 2. The number of hydrogen-bond acceptors (Lipinski definition) is 5. The maximum atomic E-state index is 11.2. The minimum atomic E-state index is -1.14. The molecule has 1 amide bonds. The van der Waals surface area contributed by atoms with Gasteiger partial charge in [-0.3, -0.25) is 4.79 Å². The molecule has 1 aromatic rings. The standard InChI is InChI=1S/C8H8ClN3O4/c9-8-10-2-1-5(12-8)11-6(13)3-16-4-7(14)15/h1-2H,3-4H2,(H,14,15)(H,10,11,12,13). The van der Waals surface area contributed by atoms with E-state index in [2.05, 4.69) is 20.0 Å². The van der Waals surface area contributed by atoms with Crippen LogP contribution >= 0.6 is 11.6 Å². The molecule has 0 aliphatic heterocycles. The summed E-state index contributed by atoms with van der Waals surface area (Å²) >= 11 is 5.49. The van der Waals surface area contributed by atoms with Gasteiger partial charge in [-0.15, -0.1) is 0 Å². The van der Waals surface area contributed by atoms with Crippen molar-refractivity contribution in [3.8, 4) is 0 Å². The largest absolute Gasteiger partial charge is 0.480 e. The molecule has 0 saturated carbocycles. The fraction of sp³-hybridized carbons (Fsp3) is 0.250. The van der Waals surface area contributed by atoms with E-state index in [1.165, 1.54) is 12.3 Å². The Kier molecular flexibility index (Phi) is 4.62. The van der Waals surface area contributed by atoms with Crippen molar-refractivity contribution in [1.29, 1.82) is 0 Å². The molecular formula is C8H8ClN3O4. The lowest BCUT2D eigenvalue weighted by Gasteiger charge is -2.03. The SMILES string of the molecule is O=C(O)COCC(=O)Nc1ccnc(Cl)n1. The fourth-order valence-electron chi connectivity index (χ4n) is 0.814. The van der Waals surface area contributed by atoms with Crippen molar-refractivity contribution in [2.24, 2.45) is 0 Å². The Balaban J connectivity index is 2.37. The quantitative estimate of drug-likeness (QED) is 0.717. The zero-order chi connectivity index (χ0) is 12.0. The van der Waals surface area contributed by atoms with Crippen molar-refractivity contribution in [3.63, 3.8) is 0 Å². The number of amides is 1. The van der Waals surface area contributed by atoms with Gasteiger partial charge in [0, 0.05) is 6.20 Å². The summed E-state index contributed by atoms with van der Waals surface area (Å²) < 4.78 is 4.57. The monoisotopic (exact) mass is 245 g/mol. The van der Waals surface area contributed by atoms with E-state index >= 15 is 0 Å². The predicted octanol–water partition coefficient (Wildman–Crippen LogP) is 0.170. The molecule has 16 heavy (non-hydrogen) atoms. The number of halogens is 1. The number of rotatable bonds is 5. The molecule has 0 spiro atoms. The molecule has 0 saturated heterocycles. The third-order valence-corrected chi connectivity index (χ3v) is 1.53. The van der Waals surface area contributed by atoms with Crippen molar-refractivity contribution < 1.29 is 19.4 Å². The van der Waals surface area contributed by atoms with Crippen LogP contribution < -0.4 is 5.32 Å². The lowest BCUT2D eigenvalue weighted by atomic mass is 10.5. The second-order valence-corrected chi connectivity index (χ2v) is 2.98. The van der Waals surface area contributed by atoms with E-state index in [4.69, 9.17) is 16.7 Å². The Morgan fingerprint density at radius 1 is 1.50 bits per heavy atom. The molecule has 8 heteroatoms. The van der Waals surface area contributed by atoms with Crippen molar-refractivity contribution in [3.05, 3.63) is 17.5 Å². The van der Waals surface area contributed by atoms with Gasteiger partial charge < -0.3 is 15.2 Å². The summed E-state index contributed by atoms with van der Waals surface area (Å²) in [6.45, 7) is -0.897. The number of aromatic nitrogens is 2. The van der Waals surface area contributed by atoms with Gasteiger partial charge >= 0.3 is 5.97 Å². The normalized spacial score (nSPS) is 9.81. The molecular weight excluding hydrogens is 238 g/mol. The zero-order valence-corrected chi connectivity index (χ0v) is 8.77. The lowest BCUT2D eigenvalue weighted by molar-refractivity contribution is -0.143. The van der Waals surface area contributed by atoms with Crippen LogP contribution in [-0.2, 0) is 14.3 Å². The molecule has 1 rings (SSSR count). The van der Waals surface area contributed by atoms with Crippen LogP contribution in [0.3, 0.4) is 0 Å². The van der Waals surface area contributed by atoms with Gasteiger partial charge in [-0.1, -0.05) is 0 Å². The van der Waals surface area contributed by atoms with Crippen molar-refractivity contribution in [1.82, 2.24) is 9.97 Å². The summed E-state index contributed by atoms with van der Waals surface area (Å²) in [5.41, 5.74) is 0. The van der Waals surface area contributed by atoms with Crippen LogP contribution in [0.5, 0.6) is 0 Å². The number of carboxylic acid groups (broad SMARTS) is 1. The van der Waals surface area contributed by atoms with Crippen molar-refractivity contribution in [2.75, 3.05) is 18.5 Å². The van der Waals surface area contributed by atoms with Gasteiger partial charge in [0.15, 0.2) is 0 Å². The minimum absolute atomic E-state index is 0.00394. The molecule has 0 bridgehead atoms. The smallest absolute Gasteiger partial charge is 0.329 e. The summed E-state index contributed by atoms with van der Waals surface area (Å²) in [4.78, 5) is 28.6. The highest BCUT2D eigenvalue weighted by Crippen LogP contribution is 2.05. The number of nitrogens with zero attached hydrogens (tertiary/aromatic N) is 2. The molecule has 1 aromatic heterocycles. The highest BCUT2D eigenvalue weighted by molar-refractivity contribution is 6.28. The van der Waals surface area contributed by atoms with E-state index in [0.717, 1.165) is 0 Å². The topological polar surface area (TPSA) is 101 Å². The average Bonchev–Trinajstić information content (AvgIpc) is 2.16. The van der Waals surface area contributed by atoms with Crippen LogP contribution in [0.4, 0.5) is 5.82 Å². The summed E-state index contributed by atoms with van der Waals surface area (Å²) in [6, 6.07) is 1.45. The molecule has 1 heterocycles. The Bertz CT molecular complexity index is 399. The summed E-state index contributed by atoms with van der Waals surface area (Å²) in [5.74, 6) is -1.43. The zero-order valence-electron chi connectivity index (χ0n) is 8.01. The Labute approximate surface area is 95.4 Å². The van der Waals surface area contributed by atoms with Gasteiger partial charge in [0.2, 0.25) is 5.28 Å². The fourth-order valence-corrected chi connectivity index (χ4v) is 0.962. The minimum Gasteiger partial charge on any atom is -0.480 e. The van der Waals surface area contributed by atoms with Crippen LogP contribution in [0.15, 0.2) is 12.3 Å². The number of carbonyl (C=O) groups excluding carboxylic acids is 1. The van der Waals surface area contributed by atoms with Gasteiger partial charge in [0.25, 0.3) is 5.91 Å². The second-order valence-electron chi connectivity index (χ2n) is 2.65. The molecule has 2 N–H and O–H groups in total. The molecule has 7 nitrogen and oxygen atoms in total. The van der Waals surface area contributed by atoms with E-state index in [1.807, 2.05) is 0 Å². The van der Waals surface area contributed by atoms with Crippen LogP contribution in [0.25, 0.3) is 0 Å². The highest BCUT2D eigenvalue weighted by atomic mass is 35.5. The van der Waals surface area contributed by atoms with Crippen molar-refractivity contribution >= 4 is 29.3 Å². The molecule has 0 unspecified atom stereocenters. The van der Waals surface area contributed by atoms with E-state index in [9.17, 15) is 9.59 Å². The third-order valence-electron chi connectivity index (χ3n) is 1.35. The number of ether oxygens (including phenoxy) is 1. The van der Waals surface area contributed by atoms with Crippen LogP contribution in [0.1, 0.15) is 0 Å². The Hall–Kier alpha value is -1.73. The highest BCUT2D eigenvalue weighted by Gasteiger charge is 2.05. The summed E-state index contributed by atoms with van der Waals surface area (Å²) in [6.07, 6.45) is 1.38. The van der Waals surface area contributed by atoms with Gasteiger partial charge in [0.05, 0.1) is 0 Å². The summed E-state index contributed by atoms with van der Waals surface area (Å²) in [5, 5.41) is 10.6. The molecule has 0 aliphatic rings. The number of anilines is 1. The Morgan fingerprint density at radius 2 is 2.25 bits per heavy atom. The molecule has 0 atom stereocenters. The first-order valence-electron chi connectivity index (χ1n) is 4.16. The molecule has 0 radical (unpaired) electrons. The molecule has 0 fully saturated rings. The predicted molar refractivity (Wildman–Crippen MR) is 54.1 cm³/mol. The number of hydrogen-bond donors (Lipinski definition) is 2. The van der Waals surface area contributed by atoms with E-state index in [0.29, 0.717) is 0 Å². The van der Waals surface area contributed by atoms with E-state index in [-0.39, 0.29) is 17.7 Å². The molecule has 0 aromatic carbocycles. The molecule has 0 aliphatic carbocycles. The first kappa shape index (κ1) is 12.3. The van der Waals surface area contributed by atoms with Gasteiger partial charge in [-0.05, 0) is 17.7 Å². The van der Waals surface area contributed by atoms with E-state index < -0.39 is 18.5 Å². The van der Waals surface area contributed by atoms with Crippen LogP contribution in [-0.4, -0.2) is 40.2 Å². The maximum Gasteiger partial charge on any atom is 0.329 e. The average molecular weight is 246 g/mol. The lowest BCUT2D eigenvalue weighted by Crippen LogP contribution is -2.21. The van der Waals surface area contributed by atoms with Crippen molar-refractivity contribution in [2.45, 2.75) is 0 Å². The maximum absolute atomic E-state index is 11.2. The first-order chi connectivity index (χ1) is 7.58. The van der Waals surface area contributed by atoms with Gasteiger partial charge in [0.1, 0.15) is 19.0 Å². The second kappa shape index (κ2) is 5.99.